The molecular formula is C13H24N2O2. The Kier molecular flexibility index (Phi) is 6.93. The summed E-state index contributed by atoms with van der Waals surface area (Å²) >= 11 is 0. The van der Waals surface area contributed by atoms with Crippen molar-refractivity contribution < 1.29 is 9.84 Å². The minimum Gasteiger partial charge on any atom is -0.394 e. The van der Waals surface area contributed by atoms with Crippen LogP contribution in [0.2, 0.25) is 0 Å². The molecule has 0 spiro atoms. The van der Waals surface area contributed by atoms with E-state index >= 15 is 0 Å². The Morgan fingerprint density at radius 2 is 2.29 bits per heavy atom. The van der Waals surface area contributed by atoms with E-state index in [9.17, 15) is 0 Å². The van der Waals surface area contributed by atoms with Crippen LogP contribution in [0.1, 0.15) is 31.9 Å². The SMILES string of the molecule is CCCNC(C)c1ccn(CCOCCO)c1. The molecule has 0 amide bonds. The molecule has 1 heterocycles. The Morgan fingerprint density at radius 3 is 3.00 bits per heavy atom. The summed E-state index contributed by atoms with van der Waals surface area (Å²) in [6, 6.07) is 2.54. The highest BCUT2D eigenvalue weighted by molar-refractivity contribution is 5.14. The molecule has 1 rings (SSSR count). The molecule has 0 fully saturated rings. The maximum Gasteiger partial charge on any atom is 0.0698 e. The Balaban J connectivity index is 2.31. The van der Waals surface area contributed by atoms with E-state index in [-0.39, 0.29) is 6.61 Å². The smallest absolute Gasteiger partial charge is 0.0698 e. The van der Waals surface area contributed by atoms with Crippen LogP contribution in [-0.2, 0) is 11.3 Å². The van der Waals surface area contributed by atoms with Crippen LogP contribution >= 0.6 is 0 Å². The van der Waals surface area contributed by atoms with Crippen molar-refractivity contribution in [2.24, 2.45) is 0 Å². The summed E-state index contributed by atoms with van der Waals surface area (Å²) in [4.78, 5) is 0. The standard InChI is InChI=1S/C13H24N2O2/c1-3-5-14-12(2)13-4-6-15(11-13)7-9-17-10-8-16/h4,6,11-12,14,16H,3,5,7-10H2,1-2H3. The fourth-order valence-corrected chi connectivity index (χ4v) is 1.67. The number of ether oxygens (including phenoxy) is 1. The topological polar surface area (TPSA) is 46.4 Å². The number of rotatable bonds is 9. The molecule has 0 radical (unpaired) electrons. The molecule has 4 nitrogen and oxygen atoms in total. The van der Waals surface area contributed by atoms with Gasteiger partial charge in [0.2, 0.25) is 0 Å². The Hall–Kier alpha value is -0.840. The van der Waals surface area contributed by atoms with E-state index in [2.05, 4.69) is 42.2 Å². The van der Waals surface area contributed by atoms with Crippen LogP contribution in [0.3, 0.4) is 0 Å². The molecule has 2 N–H and O–H groups in total. The molecule has 0 aliphatic rings. The van der Waals surface area contributed by atoms with Gasteiger partial charge in [-0.1, -0.05) is 6.92 Å². The molecule has 17 heavy (non-hydrogen) atoms. The zero-order valence-corrected chi connectivity index (χ0v) is 10.9. The predicted octanol–water partition coefficient (Wildman–Crippen LogP) is 1.56. The number of aliphatic hydroxyl groups is 1. The van der Waals surface area contributed by atoms with Gasteiger partial charge in [0.05, 0.1) is 19.8 Å². The van der Waals surface area contributed by atoms with Crippen LogP contribution in [0.4, 0.5) is 0 Å². The van der Waals surface area contributed by atoms with Gasteiger partial charge in [-0.3, -0.25) is 0 Å². The molecule has 0 aliphatic carbocycles. The van der Waals surface area contributed by atoms with Crippen molar-refractivity contribution in [3.8, 4) is 0 Å². The lowest BCUT2D eigenvalue weighted by atomic mass is 10.2. The first kappa shape index (κ1) is 14.2. The molecule has 0 saturated carbocycles. The van der Waals surface area contributed by atoms with Crippen molar-refractivity contribution in [1.82, 2.24) is 9.88 Å². The van der Waals surface area contributed by atoms with Gasteiger partial charge in [-0.25, -0.2) is 0 Å². The van der Waals surface area contributed by atoms with E-state index in [1.807, 2.05) is 0 Å². The van der Waals surface area contributed by atoms with Gasteiger partial charge in [-0.2, -0.15) is 0 Å². The Morgan fingerprint density at radius 1 is 1.47 bits per heavy atom. The van der Waals surface area contributed by atoms with Crippen LogP contribution in [0, 0.1) is 0 Å². The van der Waals surface area contributed by atoms with Crippen molar-refractivity contribution in [3.05, 3.63) is 24.0 Å². The molecule has 1 aromatic rings. The molecule has 1 unspecified atom stereocenters. The van der Waals surface area contributed by atoms with Crippen LogP contribution in [0.25, 0.3) is 0 Å². The fourth-order valence-electron chi connectivity index (χ4n) is 1.67. The number of nitrogens with one attached hydrogen (secondary N) is 1. The molecule has 1 aromatic heterocycles. The molecular weight excluding hydrogens is 216 g/mol. The summed E-state index contributed by atoms with van der Waals surface area (Å²) in [6.07, 6.45) is 5.37. The summed E-state index contributed by atoms with van der Waals surface area (Å²) in [5.74, 6) is 0. The average Bonchev–Trinajstić information content (AvgIpc) is 2.80. The number of aliphatic hydroxyl groups excluding tert-OH is 1. The first-order valence-corrected chi connectivity index (χ1v) is 6.35. The molecule has 0 aliphatic heterocycles. The highest BCUT2D eigenvalue weighted by Crippen LogP contribution is 2.12. The minimum atomic E-state index is 0.0922. The molecule has 1 atom stereocenters. The Labute approximate surface area is 104 Å². The van der Waals surface area contributed by atoms with Crippen molar-refractivity contribution in [2.75, 3.05) is 26.4 Å². The van der Waals surface area contributed by atoms with Crippen LogP contribution in [0.15, 0.2) is 18.5 Å². The van der Waals surface area contributed by atoms with Crippen molar-refractivity contribution in [2.45, 2.75) is 32.9 Å². The lowest BCUT2D eigenvalue weighted by Gasteiger charge is -2.11. The minimum absolute atomic E-state index is 0.0922. The number of hydrogen-bond acceptors (Lipinski definition) is 3. The third kappa shape index (κ3) is 5.35. The van der Waals surface area contributed by atoms with E-state index in [0.717, 1.165) is 19.5 Å². The van der Waals surface area contributed by atoms with Crippen LogP contribution < -0.4 is 5.32 Å². The zero-order valence-electron chi connectivity index (χ0n) is 10.9. The number of nitrogens with zero attached hydrogens (tertiary/aromatic N) is 1. The second kappa shape index (κ2) is 8.28. The maximum atomic E-state index is 8.58. The quantitative estimate of drug-likeness (QED) is 0.644. The first-order valence-electron chi connectivity index (χ1n) is 6.35. The fraction of sp³-hybridized carbons (Fsp3) is 0.692. The monoisotopic (exact) mass is 240 g/mol. The zero-order chi connectivity index (χ0) is 12.5. The summed E-state index contributed by atoms with van der Waals surface area (Å²) in [5, 5.41) is 12.0. The van der Waals surface area contributed by atoms with Gasteiger partial charge in [0.25, 0.3) is 0 Å². The van der Waals surface area contributed by atoms with E-state index in [1.165, 1.54) is 5.56 Å². The van der Waals surface area contributed by atoms with E-state index in [4.69, 9.17) is 9.84 Å². The van der Waals surface area contributed by atoms with Gasteiger partial charge in [0, 0.05) is 25.0 Å². The largest absolute Gasteiger partial charge is 0.394 e. The van der Waals surface area contributed by atoms with E-state index in [1.54, 1.807) is 0 Å². The van der Waals surface area contributed by atoms with Crippen molar-refractivity contribution in [1.29, 1.82) is 0 Å². The summed E-state index contributed by atoms with van der Waals surface area (Å²) in [7, 11) is 0. The summed E-state index contributed by atoms with van der Waals surface area (Å²) in [6.45, 7) is 7.39. The van der Waals surface area contributed by atoms with Gasteiger partial charge in [0.15, 0.2) is 0 Å². The summed E-state index contributed by atoms with van der Waals surface area (Å²) < 4.78 is 7.36. The highest BCUT2D eigenvalue weighted by Gasteiger charge is 2.05. The number of hydrogen-bond donors (Lipinski definition) is 2. The normalized spacial score (nSPS) is 12.9. The first-order chi connectivity index (χ1) is 8.27. The highest BCUT2D eigenvalue weighted by atomic mass is 16.5. The molecule has 4 heteroatoms. The van der Waals surface area contributed by atoms with Gasteiger partial charge in [-0.15, -0.1) is 0 Å². The maximum absolute atomic E-state index is 8.58. The lowest BCUT2D eigenvalue weighted by molar-refractivity contribution is 0.0870. The predicted molar refractivity (Wildman–Crippen MR) is 69.0 cm³/mol. The molecule has 0 aromatic carbocycles. The van der Waals surface area contributed by atoms with Gasteiger partial charge >= 0.3 is 0 Å². The van der Waals surface area contributed by atoms with Crippen molar-refractivity contribution >= 4 is 0 Å². The van der Waals surface area contributed by atoms with Crippen LogP contribution in [-0.4, -0.2) is 36.0 Å². The number of aromatic nitrogens is 1. The van der Waals surface area contributed by atoms with Gasteiger partial charge in [0.1, 0.15) is 0 Å². The van der Waals surface area contributed by atoms with E-state index in [0.29, 0.717) is 19.3 Å². The average molecular weight is 240 g/mol. The van der Waals surface area contributed by atoms with Gasteiger partial charge < -0.3 is 19.7 Å². The Bertz CT molecular complexity index is 299. The third-order valence-corrected chi connectivity index (χ3v) is 2.70. The second-order valence-corrected chi connectivity index (χ2v) is 4.19. The lowest BCUT2D eigenvalue weighted by Crippen LogP contribution is -2.18. The molecule has 0 bridgehead atoms. The van der Waals surface area contributed by atoms with Gasteiger partial charge in [-0.05, 0) is 31.5 Å². The summed E-state index contributed by atoms with van der Waals surface area (Å²) in [5.41, 5.74) is 1.31. The van der Waals surface area contributed by atoms with E-state index < -0.39 is 0 Å². The second-order valence-electron chi connectivity index (χ2n) is 4.19. The third-order valence-electron chi connectivity index (χ3n) is 2.70. The molecule has 98 valence electrons. The van der Waals surface area contributed by atoms with Crippen LogP contribution in [0.5, 0.6) is 0 Å². The molecule has 0 saturated heterocycles. The van der Waals surface area contributed by atoms with Crippen molar-refractivity contribution in [3.63, 3.8) is 0 Å².